The molecule has 0 fully saturated rings. The number of fused-ring (bicyclic) bond motifs is 1. The van der Waals surface area contributed by atoms with Crippen LogP contribution in [0.1, 0.15) is 16.9 Å². The number of rotatable bonds is 3. The van der Waals surface area contributed by atoms with E-state index in [1.165, 1.54) is 7.05 Å². The normalized spacial score (nSPS) is 11.8. The molecule has 1 amide bonds. The number of carbonyl (C=O) groups is 1. The molecule has 1 N–H and O–H groups in total. The topological polar surface area (TPSA) is 36.1 Å². The van der Waals surface area contributed by atoms with Crippen molar-refractivity contribution in [1.82, 2.24) is 9.88 Å². The summed E-state index contributed by atoms with van der Waals surface area (Å²) in [7, 11) is 1.36. The lowest BCUT2D eigenvalue weighted by Crippen LogP contribution is -2.30. The summed E-state index contributed by atoms with van der Waals surface area (Å²) in [6.45, 7) is -0.350. The van der Waals surface area contributed by atoms with Gasteiger partial charge in [-0.25, -0.2) is 0 Å². The van der Waals surface area contributed by atoms with Crippen LogP contribution in [0.3, 0.4) is 0 Å². The molecule has 102 valence electrons. The lowest BCUT2D eigenvalue weighted by Gasteiger charge is -2.17. The minimum atomic E-state index is -4.25. The van der Waals surface area contributed by atoms with E-state index in [1.807, 2.05) is 24.3 Å². The highest BCUT2D eigenvalue weighted by Gasteiger charge is 2.28. The number of hydrogen-bond donors (Lipinski definition) is 1. The van der Waals surface area contributed by atoms with Gasteiger partial charge in [-0.3, -0.25) is 4.79 Å². The lowest BCUT2D eigenvalue weighted by atomic mass is 10.2. The Balaban J connectivity index is 2.10. The third-order valence-electron chi connectivity index (χ3n) is 2.84. The van der Waals surface area contributed by atoms with Gasteiger partial charge in [0.05, 0.1) is 6.42 Å². The van der Waals surface area contributed by atoms with Crippen LogP contribution in [-0.4, -0.2) is 35.6 Å². The molecular formula is C13H13F3N2O. The van der Waals surface area contributed by atoms with Gasteiger partial charge in [0.25, 0.3) is 5.91 Å². The van der Waals surface area contributed by atoms with Crippen LogP contribution >= 0.6 is 0 Å². The molecule has 0 spiro atoms. The summed E-state index contributed by atoms with van der Waals surface area (Å²) in [4.78, 5) is 15.9. The monoisotopic (exact) mass is 270 g/mol. The second-order valence-corrected chi connectivity index (χ2v) is 4.36. The summed E-state index contributed by atoms with van der Waals surface area (Å²) in [5, 5.41) is 0.857. The van der Waals surface area contributed by atoms with Crippen molar-refractivity contribution in [1.29, 1.82) is 0 Å². The fraction of sp³-hybridized carbons (Fsp3) is 0.308. The first-order chi connectivity index (χ1) is 8.87. The fourth-order valence-electron chi connectivity index (χ4n) is 1.79. The van der Waals surface area contributed by atoms with Crippen LogP contribution < -0.4 is 0 Å². The van der Waals surface area contributed by atoms with Crippen molar-refractivity contribution in [3.8, 4) is 0 Å². The van der Waals surface area contributed by atoms with Crippen molar-refractivity contribution in [3.63, 3.8) is 0 Å². The van der Waals surface area contributed by atoms with Gasteiger partial charge in [-0.05, 0) is 12.1 Å². The highest BCUT2D eigenvalue weighted by Crippen LogP contribution is 2.20. The Hall–Kier alpha value is -1.98. The number of para-hydroxylation sites is 1. The van der Waals surface area contributed by atoms with Crippen molar-refractivity contribution < 1.29 is 18.0 Å². The van der Waals surface area contributed by atoms with Crippen LogP contribution in [-0.2, 0) is 0 Å². The zero-order valence-electron chi connectivity index (χ0n) is 10.3. The molecule has 1 aromatic heterocycles. The van der Waals surface area contributed by atoms with E-state index >= 15 is 0 Å². The zero-order valence-corrected chi connectivity index (χ0v) is 10.3. The quantitative estimate of drug-likeness (QED) is 0.913. The molecule has 0 aliphatic rings. The Morgan fingerprint density at radius 1 is 1.32 bits per heavy atom. The molecule has 0 bridgehead atoms. The SMILES string of the molecule is CN(CCC(F)(F)F)C(=O)c1cc2ccccc2[nH]1. The molecule has 6 heteroatoms. The number of aromatic amines is 1. The molecule has 2 rings (SSSR count). The molecular weight excluding hydrogens is 257 g/mol. The second kappa shape index (κ2) is 4.95. The van der Waals surface area contributed by atoms with Crippen LogP contribution in [0.2, 0.25) is 0 Å². The van der Waals surface area contributed by atoms with Gasteiger partial charge in [0.2, 0.25) is 0 Å². The fourth-order valence-corrected chi connectivity index (χ4v) is 1.79. The van der Waals surface area contributed by atoms with E-state index in [4.69, 9.17) is 0 Å². The maximum absolute atomic E-state index is 12.1. The van der Waals surface area contributed by atoms with Gasteiger partial charge in [0.15, 0.2) is 0 Å². The molecule has 0 saturated carbocycles. The summed E-state index contributed by atoms with van der Waals surface area (Å²) in [5.41, 5.74) is 1.08. The molecule has 2 aromatic rings. The van der Waals surface area contributed by atoms with Crippen molar-refractivity contribution in [2.75, 3.05) is 13.6 Å². The van der Waals surface area contributed by atoms with E-state index in [2.05, 4.69) is 4.98 Å². The standard InChI is InChI=1S/C13H13F3N2O/c1-18(7-6-13(14,15)16)12(19)11-8-9-4-2-3-5-10(9)17-11/h2-5,8,17H,6-7H2,1H3. The van der Waals surface area contributed by atoms with Gasteiger partial charge in [-0.2, -0.15) is 13.2 Å². The molecule has 0 unspecified atom stereocenters. The van der Waals surface area contributed by atoms with Gasteiger partial charge < -0.3 is 9.88 Å². The predicted molar refractivity (Wildman–Crippen MR) is 65.9 cm³/mol. The maximum Gasteiger partial charge on any atom is 0.390 e. The number of benzene rings is 1. The summed E-state index contributed by atoms with van der Waals surface area (Å²) >= 11 is 0. The van der Waals surface area contributed by atoms with Crippen molar-refractivity contribution in [2.24, 2.45) is 0 Å². The second-order valence-electron chi connectivity index (χ2n) is 4.36. The number of halogens is 3. The third-order valence-corrected chi connectivity index (χ3v) is 2.84. The number of H-pyrrole nitrogens is 1. The van der Waals surface area contributed by atoms with Gasteiger partial charge in [0.1, 0.15) is 5.69 Å². The minimum absolute atomic E-state index is 0.297. The molecule has 0 aliphatic heterocycles. The summed E-state index contributed by atoms with van der Waals surface area (Å²) in [6.07, 6.45) is -5.26. The van der Waals surface area contributed by atoms with E-state index in [0.29, 0.717) is 5.69 Å². The molecule has 19 heavy (non-hydrogen) atoms. The van der Waals surface area contributed by atoms with E-state index in [1.54, 1.807) is 6.07 Å². The number of hydrogen-bond acceptors (Lipinski definition) is 1. The molecule has 1 heterocycles. The van der Waals surface area contributed by atoms with Crippen molar-refractivity contribution in [2.45, 2.75) is 12.6 Å². The number of aromatic nitrogens is 1. The zero-order chi connectivity index (χ0) is 14.0. The smallest absolute Gasteiger partial charge is 0.351 e. The molecule has 1 aromatic carbocycles. The number of alkyl halides is 3. The van der Waals surface area contributed by atoms with Crippen LogP contribution in [0.5, 0.6) is 0 Å². The van der Waals surface area contributed by atoms with Crippen LogP contribution in [0.4, 0.5) is 13.2 Å². The van der Waals surface area contributed by atoms with Gasteiger partial charge in [0, 0.05) is 24.5 Å². The van der Waals surface area contributed by atoms with E-state index < -0.39 is 18.5 Å². The molecule has 0 radical (unpaired) electrons. The minimum Gasteiger partial charge on any atom is -0.351 e. The molecule has 0 aliphatic carbocycles. The van der Waals surface area contributed by atoms with Gasteiger partial charge in [-0.15, -0.1) is 0 Å². The first-order valence-corrected chi connectivity index (χ1v) is 5.77. The molecule has 0 saturated heterocycles. The van der Waals surface area contributed by atoms with Crippen molar-refractivity contribution in [3.05, 3.63) is 36.0 Å². The van der Waals surface area contributed by atoms with Crippen LogP contribution in [0.25, 0.3) is 10.9 Å². The van der Waals surface area contributed by atoms with Gasteiger partial charge >= 0.3 is 6.18 Å². The van der Waals surface area contributed by atoms with E-state index in [-0.39, 0.29) is 6.54 Å². The highest BCUT2D eigenvalue weighted by atomic mass is 19.4. The maximum atomic E-state index is 12.1. The van der Waals surface area contributed by atoms with Crippen LogP contribution in [0, 0.1) is 0 Å². The van der Waals surface area contributed by atoms with Crippen LogP contribution in [0.15, 0.2) is 30.3 Å². The molecule has 0 atom stereocenters. The summed E-state index contributed by atoms with van der Waals surface area (Å²) in [6, 6.07) is 8.93. The summed E-state index contributed by atoms with van der Waals surface area (Å²) in [5.74, 6) is -0.444. The average molecular weight is 270 g/mol. The van der Waals surface area contributed by atoms with Crippen molar-refractivity contribution >= 4 is 16.8 Å². The highest BCUT2D eigenvalue weighted by molar-refractivity contribution is 5.97. The Labute approximate surface area is 108 Å². The van der Waals surface area contributed by atoms with Gasteiger partial charge in [-0.1, -0.05) is 18.2 Å². The summed E-state index contributed by atoms with van der Waals surface area (Å²) < 4.78 is 36.3. The average Bonchev–Trinajstić information content (AvgIpc) is 2.77. The lowest BCUT2D eigenvalue weighted by molar-refractivity contribution is -0.136. The molecule has 3 nitrogen and oxygen atoms in total. The Morgan fingerprint density at radius 3 is 2.63 bits per heavy atom. The van der Waals surface area contributed by atoms with E-state index in [0.717, 1.165) is 15.8 Å². The number of carbonyl (C=O) groups excluding carboxylic acids is 1. The van der Waals surface area contributed by atoms with E-state index in [9.17, 15) is 18.0 Å². The Morgan fingerprint density at radius 2 is 2.00 bits per heavy atom. The number of amides is 1. The Kier molecular flexibility index (Phi) is 3.50. The Bertz CT molecular complexity index is 556. The predicted octanol–water partition coefficient (Wildman–Crippen LogP) is 3.19. The first kappa shape index (κ1) is 13.5. The first-order valence-electron chi connectivity index (χ1n) is 5.77. The number of nitrogens with zero attached hydrogens (tertiary/aromatic N) is 1. The number of nitrogens with one attached hydrogen (secondary N) is 1. The largest absolute Gasteiger partial charge is 0.390 e. The third kappa shape index (κ3) is 3.27.